The zero-order valence-corrected chi connectivity index (χ0v) is 12.7. The molecule has 0 heterocycles. The van der Waals surface area contributed by atoms with E-state index in [9.17, 15) is 0 Å². The third-order valence-electron chi connectivity index (χ3n) is 6.11. The second-order valence-electron chi connectivity index (χ2n) is 7.76. The van der Waals surface area contributed by atoms with Gasteiger partial charge in [0, 0.05) is 6.04 Å². The lowest BCUT2D eigenvalue weighted by molar-refractivity contribution is 0.262. The van der Waals surface area contributed by atoms with Crippen LogP contribution in [0.5, 0.6) is 0 Å². The summed E-state index contributed by atoms with van der Waals surface area (Å²) >= 11 is 0. The van der Waals surface area contributed by atoms with Crippen LogP contribution in [0.3, 0.4) is 0 Å². The lowest BCUT2D eigenvalue weighted by Crippen LogP contribution is -2.39. The summed E-state index contributed by atoms with van der Waals surface area (Å²) in [4.78, 5) is 0. The minimum Gasteiger partial charge on any atom is -0.314 e. The second kappa shape index (κ2) is 4.81. The lowest BCUT2D eigenvalue weighted by Gasteiger charge is -2.28. The van der Waals surface area contributed by atoms with Crippen LogP contribution in [0.2, 0.25) is 0 Å². The predicted octanol–water partition coefficient (Wildman–Crippen LogP) is 3.94. The van der Waals surface area contributed by atoms with Crippen molar-refractivity contribution in [2.75, 3.05) is 6.54 Å². The van der Waals surface area contributed by atoms with Gasteiger partial charge in [0.05, 0.1) is 0 Å². The summed E-state index contributed by atoms with van der Waals surface area (Å²) in [5.41, 5.74) is 0. The first-order valence-electron chi connectivity index (χ1n) is 8.36. The van der Waals surface area contributed by atoms with Crippen molar-refractivity contribution in [3.63, 3.8) is 0 Å². The van der Waals surface area contributed by atoms with Crippen LogP contribution in [-0.2, 0) is 0 Å². The predicted molar refractivity (Wildman–Crippen MR) is 77.4 cm³/mol. The maximum atomic E-state index is 3.85. The quantitative estimate of drug-likeness (QED) is 0.752. The molecule has 0 aromatic heterocycles. The Kier molecular flexibility index (Phi) is 3.47. The van der Waals surface area contributed by atoms with Crippen molar-refractivity contribution in [1.29, 1.82) is 0 Å². The molecule has 3 aliphatic rings. The average molecular weight is 249 g/mol. The summed E-state index contributed by atoms with van der Waals surface area (Å²) in [5, 5.41) is 3.85. The molecule has 3 rings (SSSR count). The monoisotopic (exact) mass is 249 g/mol. The highest BCUT2D eigenvalue weighted by Crippen LogP contribution is 2.70. The van der Waals surface area contributed by atoms with Crippen LogP contribution in [0.4, 0.5) is 0 Å². The minimum absolute atomic E-state index is 0.816. The Bertz CT molecular complexity index is 282. The van der Waals surface area contributed by atoms with E-state index in [1.165, 1.54) is 6.42 Å². The van der Waals surface area contributed by atoms with Crippen molar-refractivity contribution in [1.82, 2.24) is 5.32 Å². The molecular weight excluding hydrogens is 218 g/mol. The molecule has 0 aromatic rings. The van der Waals surface area contributed by atoms with Crippen LogP contribution in [0.25, 0.3) is 0 Å². The average Bonchev–Trinajstić information content (AvgIpc) is 2.73. The fourth-order valence-electron chi connectivity index (χ4n) is 5.72. The van der Waals surface area contributed by atoms with Gasteiger partial charge in [-0.05, 0) is 73.7 Å². The molecule has 1 heteroatoms. The maximum Gasteiger partial charge on any atom is 0.0127 e. The highest BCUT2D eigenvalue weighted by atomic mass is 15.0. The number of hydrogen-bond acceptors (Lipinski definition) is 1. The summed E-state index contributed by atoms with van der Waals surface area (Å²) < 4.78 is 0. The molecule has 3 aliphatic carbocycles. The Morgan fingerprint density at radius 2 is 1.67 bits per heavy atom. The fraction of sp³-hybridized carbons (Fsp3) is 1.00. The molecule has 1 N–H and O–H groups in total. The molecule has 1 nitrogen and oxygen atoms in total. The van der Waals surface area contributed by atoms with E-state index in [0.717, 1.165) is 54.0 Å². The number of fused-ring (bicyclic) bond motifs is 5. The van der Waals surface area contributed by atoms with Crippen molar-refractivity contribution in [3.8, 4) is 0 Å². The minimum atomic E-state index is 0.816. The molecule has 104 valence electrons. The Balaban J connectivity index is 1.65. The molecule has 2 bridgehead atoms. The van der Waals surface area contributed by atoms with Gasteiger partial charge in [0.1, 0.15) is 0 Å². The van der Waals surface area contributed by atoms with E-state index in [-0.39, 0.29) is 0 Å². The van der Waals surface area contributed by atoms with E-state index in [0.29, 0.717) is 0 Å². The van der Waals surface area contributed by atoms with E-state index >= 15 is 0 Å². The van der Waals surface area contributed by atoms with Gasteiger partial charge in [-0.25, -0.2) is 0 Å². The normalized spacial score (nSPS) is 44.2. The highest BCUT2D eigenvalue weighted by Gasteiger charge is 2.66. The zero-order chi connectivity index (χ0) is 12.9. The largest absolute Gasteiger partial charge is 0.314 e. The first-order valence-corrected chi connectivity index (χ1v) is 8.36. The Labute approximate surface area is 113 Å². The standard InChI is InChI=1S/C17H31N/c1-5-18-17(11(4)8-10(2)3)16-14-12-6-7-13(9-12)15(14)16/h10-18H,5-9H2,1-4H3. The fourth-order valence-corrected chi connectivity index (χ4v) is 5.72. The van der Waals surface area contributed by atoms with Gasteiger partial charge in [-0.3, -0.25) is 0 Å². The molecule has 0 radical (unpaired) electrons. The molecule has 3 fully saturated rings. The Hall–Kier alpha value is -0.0400. The summed E-state index contributed by atoms with van der Waals surface area (Å²) in [6.45, 7) is 10.7. The summed E-state index contributed by atoms with van der Waals surface area (Å²) in [6, 6.07) is 0.816. The van der Waals surface area contributed by atoms with Crippen LogP contribution in [-0.4, -0.2) is 12.6 Å². The van der Waals surface area contributed by atoms with Crippen LogP contribution < -0.4 is 5.32 Å². The zero-order valence-electron chi connectivity index (χ0n) is 12.7. The second-order valence-corrected chi connectivity index (χ2v) is 7.76. The molecule has 0 aliphatic heterocycles. The van der Waals surface area contributed by atoms with Crippen LogP contribution in [0.1, 0.15) is 53.4 Å². The molecule has 6 atom stereocenters. The van der Waals surface area contributed by atoms with E-state index < -0.39 is 0 Å². The van der Waals surface area contributed by atoms with Crippen LogP contribution in [0.15, 0.2) is 0 Å². The Morgan fingerprint density at radius 1 is 1.06 bits per heavy atom. The molecule has 0 spiro atoms. The highest BCUT2D eigenvalue weighted by molar-refractivity contribution is 5.16. The molecule has 0 saturated heterocycles. The van der Waals surface area contributed by atoms with Crippen molar-refractivity contribution in [2.24, 2.45) is 41.4 Å². The third kappa shape index (κ3) is 2.03. The first-order chi connectivity index (χ1) is 8.63. The number of hydrogen-bond donors (Lipinski definition) is 1. The van der Waals surface area contributed by atoms with Crippen molar-refractivity contribution < 1.29 is 0 Å². The van der Waals surface area contributed by atoms with E-state index in [1.54, 1.807) is 19.3 Å². The maximum absolute atomic E-state index is 3.85. The smallest absolute Gasteiger partial charge is 0.0127 e. The van der Waals surface area contributed by atoms with E-state index in [2.05, 4.69) is 33.0 Å². The summed E-state index contributed by atoms with van der Waals surface area (Å²) in [7, 11) is 0. The molecular formula is C17H31N. The van der Waals surface area contributed by atoms with Crippen LogP contribution in [0, 0.1) is 41.4 Å². The Morgan fingerprint density at radius 3 is 2.17 bits per heavy atom. The topological polar surface area (TPSA) is 12.0 Å². The number of nitrogens with one attached hydrogen (secondary N) is 1. The van der Waals surface area contributed by atoms with Gasteiger partial charge in [-0.15, -0.1) is 0 Å². The molecule has 0 aromatic carbocycles. The first kappa shape index (κ1) is 13.0. The third-order valence-corrected chi connectivity index (χ3v) is 6.11. The van der Waals surface area contributed by atoms with Gasteiger partial charge in [-0.2, -0.15) is 0 Å². The number of rotatable bonds is 6. The van der Waals surface area contributed by atoms with Crippen LogP contribution >= 0.6 is 0 Å². The lowest BCUT2D eigenvalue weighted by atomic mass is 9.85. The molecule has 6 unspecified atom stereocenters. The molecule has 18 heavy (non-hydrogen) atoms. The molecule has 3 saturated carbocycles. The van der Waals surface area contributed by atoms with E-state index in [4.69, 9.17) is 0 Å². The SMILES string of the molecule is CCNC(C(C)CC(C)C)C1C2C3CCC(C3)C21. The van der Waals surface area contributed by atoms with Gasteiger partial charge >= 0.3 is 0 Å². The summed E-state index contributed by atoms with van der Waals surface area (Å²) in [6.07, 6.45) is 6.09. The molecule has 0 amide bonds. The van der Waals surface area contributed by atoms with E-state index in [1.807, 2.05) is 0 Å². The van der Waals surface area contributed by atoms with Gasteiger partial charge < -0.3 is 5.32 Å². The van der Waals surface area contributed by atoms with Crippen molar-refractivity contribution in [2.45, 2.75) is 59.4 Å². The van der Waals surface area contributed by atoms with Gasteiger partial charge in [-0.1, -0.05) is 27.7 Å². The van der Waals surface area contributed by atoms with Crippen molar-refractivity contribution >= 4 is 0 Å². The summed E-state index contributed by atoms with van der Waals surface area (Å²) in [5.74, 6) is 7.25. The van der Waals surface area contributed by atoms with Gasteiger partial charge in [0.25, 0.3) is 0 Å². The van der Waals surface area contributed by atoms with Gasteiger partial charge in [0.15, 0.2) is 0 Å². The van der Waals surface area contributed by atoms with Gasteiger partial charge in [0.2, 0.25) is 0 Å². The van der Waals surface area contributed by atoms with Crippen molar-refractivity contribution in [3.05, 3.63) is 0 Å².